The van der Waals surface area contributed by atoms with Gasteiger partial charge in [0, 0.05) is 32.6 Å². The van der Waals surface area contributed by atoms with Crippen LogP contribution in [0.3, 0.4) is 0 Å². The molecule has 2 aromatic rings. The molecule has 1 unspecified atom stereocenters. The Kier molecular flexibility index (Phi) is 5.58. The fourth-order valence-electron chi connectivity index (χ4n) is 4.67. The lowest BCUT2D eigenvalue weighted by Crippen LogP contribution is -2.50. The number of nitrogens with one attached hydrogen (secondary N) is 1. The Balaban J connectivity index is 1.30. The molecule has 2 heterocycles. The summed E-state index contributed by atoms with van der Waals surface area (Å²) in [4.78, 5) is 39.9. The third-order valence-electron chi connectivity index (χ3n) is 7.24. The number of nitrogens with zero attached hydrogens (tertiary/aromatic N) is 2. The van der Waals surface area contributed by atoms with E-state index >= 15 is 0 Å². The SMILES string of the molecule is Cc1ccc(CNC(=O)c2ccc3n(c2=O)CCN(CC2(S(=O)(=O)C4CC4(F)F)CC2)C3=O)cc1F. The average molecular weight is 524 g/mol. The van der Waals surface area contributed by atoms with Crippen molar-refractivity contribution in [2.24, 2.45) is 0 Å². The Bertz CT molecular complexity index is 1450. The van der Waals surface area contributed by atoms with E-state index < -0.39 is 55.4 Å². The molecule has 0 saturated heterocycles. The van der Waals surface area contributed by atoms with E-state index in [2.05, 4.69) is 5.32 Å². The molecule has 8 nitrogen and oxygen atoms in total. The maximum Gasteiger partial charge on any atom is 0.270 e. The number of hydrogen-bond acceptors (Lipinski definition) is 5. The third kappa shape index (κ3) is 4.00. The molecule has 2 amide bonds. The molecule has 2 aliphatic carbocycles. The number of alkyl halides is 2. The van der Waals surface area contributed by atoms with E-state index in [0.717, 1.165) is 4.57 Å². The second-order valence-electron chi connectivity index (χ2n) is 9.76. The number of halogens is 3. The van der Waals surface area contributed by atoms with Crippen molar-refractivity contribution >= 4 is 21.7 Å². The Morgan fingerprint density at radius 2 is 1.83 bits per heavy atom. The van der Waals surface area contributed by atoms with Gasteiger partial charge in [-0.1, -0.05) is 12.1 Å². The zero-order valence-electron chi connectivity index (χ0n) is 19.4. The molecule has 1 aromatic heterocycles. The van der Waals surface area contributed by atoms with Crippen LogP contribution < -0.4 is 10.9 Å². The zero-order chi connectivity index (χ0) is 26.0. The number of aryl methyl sites for hydroxylation is 1. The Morgan fingerprint density at radius 3 is 2.44 bits per heavy atom. The van der Waals surface area contributed by atoms with Gasteiger partial charge in [-0.25, -0.2) is 21.6 Å². The number of benzene rings is 1. The number of carbonyl (C=O) groups excluding carboxylic acids is 2. The van der Waals surface area contributed by atoms with Crippen LogP contribution in [0.5, 0.6) is 0 Å². The van der Waals surface area contributed by atoms with Crippen LogP contribution in [0.4, 0.5) is 13.2 Å². The minimum atomic E-state index is -4.11. The van der Waals surface area contributed by atoms with Gasteiger partial charge in [-0.05, 0) is 49.1 Å². The monoisotopic (exact) mass is 523 g/mol. The lowest BCUT2D eigenvalue weighted by Gasteiger charge is -2.32. The highest BCUT2D eigenvalue weighted by Crippen LogP contribution is 2.56. The van der Waals surface area contributed by atoms with Crippen LogP contribution in [0.15, 0.2) is 35.1 Å². The molecular formula is C24H24F3N3O5S. The molecule has 1 N–H and O–H groups in total. The molecule has 0 spiro atoms. The molecule has 2 saturated carbocycles. The molecule has 192 valence electrons. The van der Waals surface area contributed by atoms with Gasteiger partial charge in [-0.3, -0.25) is 14.4 Å². The van der Waals surface area contributed by atoms with Crippen molar-refractivity contribution in [1.82, 2.24) is 14.8 Å². The topological polar surface area (TPSA) is 106 Å². The van der Waals surface area contributed by atoms with Crippen molar-refractivity contribution in [3.63, 3.8) is 0 Å². The molecular weight excluding hydrogens is 499 g/mol. The zero-order valence-corrected chi connectivity index (χ0v) is 20.2. The number of amides is 2. The normalized spacial score (nSPS) is 21.6. The number of pyridine rings is 1. The molecule has 1 aromatic carbocycles. The quantitative estimate of drug-likeness (QED) is 0.598. The number of hydrogen-bond donors (Lipinski definition) is 1. The Morgan fingerprint density at radius 1 is 1.14 bits per heavy atom. The second kappa shape index (κ2) is 8.19. The van der Waals surface area contributed by atoms with Crippen LogP contribution in [0.1, 0.15) is 51.2 Å². The summed E-state index contributed by atoms with van der Waals surface area (Å²) in [6.07, 6.45) is -0.266. The van der Waals surface area contributed by atoms with Crippen LogP contribution in [0, 0.1) is 12.7 Å². The summed E-state index contributed by atoms with van der Waals surface area (Å²) in [7, 11) is -4.11. The molecule has 1 aliphatic heterocycles. The molecule has 0 bridgehead atoms. The van der Waals surface area contributed by atoms with E-state index in [9.17, 15) is 36.0 Å². The first kappa shape index (κ1) is 24.5. The highest BCUT2D eigenvalue weighted by Gasteiger charge is 2.71. The molecule has 36 heavy (non-hydrogen) atoms. The summed E-state index contributed by atoms with van der Waals surface area (Å²) < 4.78 is 66.0. The fourth-order valence-corrected chi connectivity index (χ4v) is 7.17. The summed E-state index contributed by atoms with van der Waals surface area (Å²) in [6, 6.07) is 7.06. The first-order chi connectivity index (χ1) is 16.9. The number of rotatable bonds is 7. The Labute approximate surface area is 205 Å². The largest absolute Gasteiger partial charge is 0.348 e. The van der Waals surface area contributed by atoms with Gasteiger partial charge >= 0.3 is 0 Å². The fraction of sp³-hybridized carbons (Fsp3) is 0.458. The standard InChI is InChI=1S/C24H24F3N3O5S/c1-14-2-3-15(10-17(14)25)12-28-20(31)16-4-5-18-22(33)29(8-9-30(18)21(16)32)13-23(6-7-23)36(34,35)19-11-24(19,26)27/h2-5,10,19H,6-9,11-13H2,1H3,(H,28,31). The molecule has 5 rings (SSSR count). The highest BCUT2D eigenvalue weighted by molar-refractivity contribution is 7.94. The van der Waals surface area contributed by atoms with E-state index in [1.807, 2.05) is 0 Å². The summed E-state index contributed by atoms with van der Waals surface area (Å²) in [5.74, 6) is -4.90. The van der Waals surface area contributed by atoms with Crippen LogP contribution in [-0.2, 0) is 22.9 Å². The van der Waals surface area contributed by atoms with E-state index in [1.54, 1.807) is 19.1 Å². The van der Waals surface area contributed by atoms with Crippen molar-refractivity contribution in [2.45, 2.75) is 55.2 Å². The van der Waals surface area contributed by atoms with E-state index in [0.29, 0.717) is 11.1 Å². The smallest absolute Gasteiger partial charge is 0.270 e. The van der Waals surface area contributed by atoms with Gasteiger partial charge in [0.25, 0.3) is 23.3 Å². The number of carbonyl (C=O) groups is 2. The summed E-state index contributed by atoms with van der Waals surface area (Å²) in [5.41, 5.74) is 0.105. The number of fused-ring (bicyclic) bond motifs is 1. The summed E-state index contributed by atoms with van der Waals surface area (Å²) >= 11 is 0. The predicted molar refractivity (Wildman–Crippen MR) is 123 cm³/mol. The van der Waals surface area contributed by atoms with Crippen LogP contribution in [0.25, 0.3) is 0 Å². The van der Waals surface area contributed by atoms with Gasteiger partial charge in [0.05, 0.1) is 4.75 Å². The summed E-state index contributed by atoms with van der Waals surface area (Å²) in [6.45, 7) is 1.45. The first-order valence-electron chi connectivity index (χ1n) is 11.5. The maximum absolute atomic E-state index is 13.7. The van der Waals surface area contributed by atoms with Crippen molar-refractivity contribution in [1.29, 1.82) is 0 Å². The van der Waals surface area contributed by atoms with Crippen molar-refractivity contribution in [2.75, 3.05) is 13.1 Å². The van der Waals surface area contributed by atoms with E-state index in [-0.39, 0.29) is 50.3 Å². The molecule has 12 heteroatoms. The lowest BCUT2D eigenvalue weighted by atomic mass is 10.1. The minimum Gasteiger partial charge on any atom is -0.348 e. The molecule has 3 aliphatic rings. The van der Waals surface area contributed by atoms with Crippen molar-refractivity contribution in [3.05, 3.63) is 68.9 Å². The third-order valence-corrected chi connectivity index (χ3v) is 10.2. The second-order valence-corrected chi connectivity index (χ2v) is 12.3. The minimum absolute atomic E-state index is 0.000525. The van der Waals surface area contributed by atoms with Gasteiger partial charge in [-0.2, -0.15) is 0 Å². The van der Waals surface area contributed by atoms with Gasteiger partial charge in [0.2, 0.25) is 0 Å². The first-order valence-corrected chi connectivity index (χ1v) is 13.1. The van der Waals surface area contributed by atoms with Crippen LogP contribution >= 0.6 is 0 Å². The molecule has 0 radical (unpaired) electrons. The van der Waals surface area contributed by atoms with Gasteiger partial charge in [0.1, 0.15) is 22.3 Å². The Hall–Kier alpha value is -3.15. The van der Waals surface area contributed by atoms with E-state index in [4.69, 9.17) is 0 Å². The highest BCUT2D eigenvalue weighted by atomic mass is 32.2. The van der Waals surface area contributed by atoms with Crippen molar-refractivity contribution < 1.29 is 31.2 Å². The van der Waals surface area contributed by atoms with Crippen LogP contribution in [0.2, 0.25) is 0 Å². The summed E-state index contributed by atoms with van der Waals surface area (Å²) in [5, 5.41) is 0.872. The predicted octanol–water partition coefficient (Wildman–Crippen LogP) is 2.04. The average Bonchev–Trinajstić information content (AvgIpc) is 3.73. The maximum atomic E-state index is 13.7. The number of aromatic nitrogens is 1. The van der Waals surface area contributed by atoms with Gasteiger partial charge in [-0.15, -0.1) is 0 Å². The van der Waals surface area contributed by atoms with Gasteiger partial charge < -0.3 is 14.8 Å². The van der Waals surface area contributed by atoms with Crippen LogP contribution in [-0.4, -0.2) is 58.7 Å². The lowest BCUT2D eigenvalue weighted by molar-refractivity contribution is 0.0694. The number of sulfone groups is 1. The molecule has 1 atom stereocenters. The van der Waals surface area contributed by atoms with E-state index in [1.165, 1.54) is 23.1 Å². The molecule has 2 fully saturated rings. The van der Waals surface area contributed by atoms with Crippen molar-refractivity contribution in [3.8, 4) is 0 Å². The van der Waals surface area contributed by atoms with Gasteiger partial charge in [0.15, 0.2) is 9.84 Å².